The minimum atomic E-state index is -0.505. The molecule has 2 aromatic carbocycles. The number of hydrogen-bond donors (Lipinski definition) is 1. The van der Waals surface area contributed by atoms with Gasteiger partial charge in [-0.05, 0) is 49.2 Å². The van der Waals surface area contributed by atoms with Gasteiger partial charge in [-0.25, -0.2) is 4.79 Å². The Morgan fingerprint density at radius 3 is 2.45 bits per heavy atom. The van der Waals surface area contributed by atoms with Gasteiger partial charge in [-0.3, -0.25) is 4.79 Å². The van der Waals surface area contributed by atoms with Crippen molar-refractivity contribution in [1.29, 1.82) is 0 Å². The van der Waals surface area contributed by atoms with E-state index in [0.717, 1.165) is 40.8 Å². The number of aryl methyl sites for hydroxylation is 2. The van der Waals surface area contributed by atoms with Crippen LogP contribution in [0.4, 0.5) is 5.69 Å². The quantitative estimate of drug-likeness (QED) is 0.693. The molecule has 3 aromatic rings. The Balaban J connectivity index is 1.32. The van der Waals surface area contributed by atoms with Crippen molar-refractivity contribution in [3.05, 3.63) is 65.4 Å². The number of para-hydroxylation sites is 1. The molecule has 1 amide bonds. The summed E-state index contributed by atoms with van der Waals surface area (Å²) in [6.07, 6.45) is 0. The lowest BCUT2D eigenvalue weighted by atomic mass is 10.1. The predicted octanol–water partition coefficient (Wildman–Crippen LogP) is 3.29. The number of carbonyl (C=O) groups excluding carboxylic acids is 2. The van der Waals surface area contributed by atoms with E-state index in [-0.39, 0.29) is 12.5 Å². The molecule has 1 aliphatic heterocycles. The van der Waals surface area contributed by atoms with Gasteiger partial charge in [0.2, 0.25) is 0 Å². The Labute approximate surface area is 170 Å². The highest BCUT2D eigenvalue weighted by Crippen LogP contribution is 2.22. The zero-order valence-electron chi connectivity index (χ0n) is 16.8. The van der Waals surface area contributed by atoms with Gasteiger partial charge in [0, 0.05) is 42.8 Å². The standard InChI is InChI=1S/C23H25N3O3/c1-16-12-17(2)19-14-21(24-20(19)13-16)23(28)29-15-22(27)26-10-8-25(9-11-26)18-6-4-3-5-7-18/h3-7,12-14,24H,8-11,15H2,1-2H3. The van der Waals surface area contributed by atoms with Gasteiger partial charge in [0.1, 0.15) is 5.69 Å². The molecule has 1 aliphatic rings. The molecular formula is C23H25N3O3. The van der Waals surface area contributed by atoms with Crippen LogP contribution >= 0.6 is 0 Å². The molecule has 29 heavy (non-hydrogen) atoms. The van der Waals surface area contributed by atoms with Crippen molar-refractivity contribution in [2.24, 2.45) is 0 Å². The zero-order chi connectivity index (χ0) is 20.4. The van der Waals surface area contributed by atoms with E-state index >= 15 is 0 Å². The van der Waals surface area contributed by atoms with Gasteiger partial charge < -0.3 is 19.5 Å². The summed E-state index contributed by atoms with van der Waals surface area (Å²) in [4.78, 5) is 32.0. The number of amides is 1. The third kappa shape index (κ3) is 4.11. The number of carbonyl (C=O) groups is 2. The molecule has 6 nitrogen and oxygen atoms in total. The number of benzene rings is 2. The van der Waals surface area contributed by atoms with Crippen LogP contribution in [-0.4, -0.2) is 54.5 Å². The Bertz CT molecular complexity index is 1030. The van der Waals surface area contributed by atoms with Crippen molar-refractivity contribution in [2.45, 2.75) is 13.8 Å². The second kappa shape index (κ2) is 7.99. The number of ether oxygens (including phenoxy) is 1. The molecule has 2 heterocycles. The van der Waals surface area contributed by atoms with E-state index in [0.29, 0.717) is 18.8 Å². The number of hydrogen-bond acceptors (Lipinski definition) is 4. The SMILES string of the molecule is Cc1cc(C)c2cc(C(=O)OCC(=O)N3CCN(c4ccccc4)CC3)[nH]c2c1. The fraction of sp³-hybridized carbons (Fsp3) is 0.304. The first-order valence-electron chi connectivity index (χ1n) is 9.86. The van der Waals surface area contributed by atoms with Crippen LogP contribution in [0.15, 0.2) is 48.5 Å². The van der Waals surface area contributed by atoms with Crippen molar-refractivity contribution in [3.8, 4) is 0 Å². The lowest BCUT2D eigenvalue weighted by Crippen LogP contribution is -2.49. The van der Waals surface area contributed by atoms with Gasteiger partial charge in [0.25, 0.3) is 5.91 Å². The molecule has 1 aromatic heterocycles. The second-order valence-electron chi connectivity index (χ2n) is 7.51. The summed E-state index contributed by atoms with van der Waals surface area (Å²) in [6, 6.07) is 16.0. The summed E-state index contributed by atoms with van der Waals surface area (Å²) in [7, 11) is 0. The van der Waals surface area contributed by atoms with E-state index in [4.69, 9.17) is 4.74 Å². The molecule has 0 atom stereocenters. The minimum Gasteiger partial charge on any atom is -0.451 e. The smallest absolute Gasteiger partial charge is 0.355 e. The third-order valence-electron chi connectivity index (χ3n) is 5.39. The van der Waals surface area contributed by atoms with Gasteiger partial charge in [0.15, 0.2) is 6.61 Å². The van der Waals surface area contributed by atoms with Crippen LogP contribution in [0.1, 0.15) is 21.6 Å². The summed E-state index contributed by atoms with van der Waals surface area (Å²) in [6.45, 7) is 6.57. The van der Waals surface area contributed by atoms with Crippen LogP contribution in [0.25, 0.3) is 10.9 Å². The molecule has 150 valence electrons. The number of piperazine rings is 1. The maximum atomic E-state index is 12.5. The van der Waals surface area contributed by atoms with Crippen molar-refractivity contribution >= 4 is 28.5 Å². The van der Waals surface area contributed by atoms with Gasteiger partial charge in [-0.15, -0.1) is 0 Å². The normalized spacial score (nSPS) is 14.3. The number of anilines is 1. The topological polar surface area (TPSA) is 65.6 Å². The van der Waals surface area contributed by atoms with Crippen molar-refractivity contribution in [3.63, 3.8) is 0 Å². The van der Waals surface area contributed by atoms with Gasteiger partial charge in [-0.2, -0.15) is 0 Å². The summed E-state index contributed by atoms with van der Waals surface area (Å²) < 4.78 is 5.28. The lowest BCUT2D eigenvalue weighted by Gasteiger charge is -2.36. The number of nitrogens with zero attached hydrogens (tertiary/aromatic N) is 2. The fourth-order valence-corrected chi connectivity index (χ4v) is 3.86. The first-order chi connectivity index (χ1) is 14.0. The fourth-order valence-electron chi connectivity index (χ4n) is 3.86. The third-order valence-corrected chi connectivity index (χ3v) is 5.39. The Morgan fingerprint density at radius 1 is 1.00 bits per heavy atom. The largest absolute Gasteiger partial charge is 0.451 e. The van der Waals surface area contributed by atoms with Crippen LogP contribution in [0.2, 0.25) is 0 Å². The van der Waals surface area contributed by atoms with Crippen LogP contribution < -0.4 is 4.90 Å². The van der Waals surface area contributed by atoms with E-state index in [2.05, 4.69) is 28.1 Å². The number of rotatable bonds is 4. The molecular weight excluding hydrogens is 366 g/mol. The molecule has 6 heteroatoms. The van der Waals surface area contributed by atoms with Crippen LogP contribution in [0, 0.1) is 13.8 Å². The van der Waals surface area contributed by atoms with Gasteiger partial charge >= 0.3 is 5.97 Å². The molecule has 0 bridgehead atoms. The zero-order valence-corrected chi connectivity index (χ0v) is 16.8. The monoisotopic (exact) mass is 391 g/mol. The number of aromatic nitrogens is 1. The first kappa shape index (κ1) is 19.1. The molecule has 0 aliphatic carbocycles. The number of H-pyrrole nitrogens is 1. The van der Waals surface area contributed by atoms with Crippen molar-refractivity contribution < 1.29 is 14.3 Å². The van der Waals surface area contributed by atoms with Crippen LogP contribution in [0.3, 0.4) is 0 Å². The minimum absolute atomic E-state index is 0.158. The van der Waals surface area contributed by atoms with E-state index in [1.54, 1.807) is 11.0 Å². The molecule has 0 spiro atoms. The number of fused-ring (bicyclic) bond motifs is 1. The predicted molar refractivity (Wildman–Crippen MR) is 113 cm³/mol. The molecule has 1 fully saturated rings. The highest BCUT2D eigenvalue weighted by atomic mass is 16.5. The summed E-state index contributed by atoms with van der Waals surface area (Å²) in [5, 5.41) is 0.992. The van der Waals surface area contributed by atoms with Gasteiger partial charge in [-0.1, -0.05) is 24.3 Å². The molecule has 1 saturated heterocycles. The Hall–Kier alpha value is -3.28. The van der Waals surface area contributed by atoms with Gasteiger partial charge in [0.05, 0.1) is 0 Å². The number of esters is 1. The molecule has 0 radical (unpaired) electrons. The van der Waals surface area contributed by atoms with E-state index in [1.165, 1.54) is 0 Å². The van der Waals surface area contributed by atoms with Crippen LogP contribution in [0.5, 0.6) is 0 Å². The molecule has 1 N–H and O–H groups in total. The van der Waals surface area contributed by atoms with E-state index in [9.17, 15) is 9.59 Å². The highest BCUT2D eigenvalue weighted by molar-refractivity contribution is 5.97. The molecule has 0 saturated carbocycles. The first-order valence-corrected chi connectivity index (χ1v) is 9.86. The maximum Gasteiger partial charge on any atom is 0.355 e. The van der Waals surface area contributed by atoms with Crippen molar-refractivity contribution in [2.75, 3.05) is 37.7 Å². The second-order valence-corrected chi connectivity index (χ2v) is 7.51. The van der Waals surface area contributed by atoms with E-state index in [1.807, 2.05) is 38.1 Å². The Morgan fingerprint density at radius 2 is 1.72 bits per heavy atom. The Kier molecular flexibility index (Phi) is 5.25. The van der Waals surface area contributed by atoms with Crippen LogP contribution in [-0.2, 0) is 9.53 Å². The molecule has 4 rings (SSSR count). The van der Waals surface area contributed by atoms with E-state index < -0.39 is 5.97 Å². The summed E-state index contributed by atoms with van der Waals surface area (Å²) in [5.41, 5.74) is 4.66. The number of nitrogens with one attached hydrogen (secondary N) is 1. The summed E-state index contributed by atoms with van der Waals surface area (Å²) >= 11 is 0. The maximum absolute atomic E-state index is 12.5. The average Bonchev–Trinajstić information content (AvgIpc) is 3.17. The highest BCUT2D eigenvalue weighted by Gasteiger charge is 2.22. The molecule has 0 unspecified atom stereocenters. The number of aromatic amines is 1. The average molecular weight is 391 g/mol. The lowest BCUT2D eigenvalue weighted by molar-refractivity contribution is -0.134. The van der Waals surface area contributed by atoms with Crippen molar-refractivity contribution in [1.82, 2.24) is 9.88 Å². The summed E-state index contributed by atoms with van der Waals surface area (Å²) in [5.74, 6) is -0.663.